The molecule has 0 bridgehead atoms. The second-order valence-electron chi connectivity index (χ2n) is 2.92. The zero-order chi connectivity index (χ0) is 11.4. The number of nitrogens with two attached hydrogens (primary N) is 1. The van der Waals surface area contributed by atoms with Crippen molar-refractivity contribution >= 4 is 17.5 Å². The van der Waals surface area contributed by atoms with Crippen LogP contribution in [0.2, 0.25) is 0 Å². The van der Waals surface area contributed by atoms with Gasteiger partial charge >= 0.3 is 5.97 Å². The lowest BCUT2D eigenvalue weighted by Gasteiger charge is -2.08. The first-order chi connectivity index (χ1) is 7.10. The van der Waals surface area contributed by atoms with E-state index in [0.717, 1.165) is 0 Å². The maximum atomic E-state index is 11.2. The molecule has 0 atom stereocenters. The predicted molar refractivity (Wildman–Crippen MR) is 58.3 cm³/mol. The van der Waals surface area contributed by atoms with Crippen LogP contribution in [0.25, 0.3) is 0 Å². The van der Waals surface area contributed by atoms with Gasteiger partial charge in [-0.2, -0.15) is 0 Å². The van der Waals surface area contributed by atoms with E-state index in [1.54, 1.807) is 19.2 Å². The number of ether oxygens (including phenoxy) is 1. The van der Waals surface area contributed by atoms with Crippen molar-refractivity contribution in [3.8, 4) is 0 Å². The minimum Gasteiger partial charge on any atom is -0.465 e. The standard InChI is InChI=1S/C10H13N3O2/c1-13-8-4-3-6(10(14)15-2)5-7(8)9(11)12/h3-5,13H,1-2H3,(H3,11,12). The van der Waals surface area contributed by atoms with Crippen LogP contribution in [-0.2, 0) is 4.74 Å². The molecule has 0 fully saturated rings. The van der Waals surface area contributed by atoms with E-state index in [1.807, 2.05) is 0 Å². The molecule has 1 rings (SSSR count). The highest BCUT2D eigenvalue weighted by Crippen LogP contribution is 2.16. The summed E-state index contributed by atoms with van der Waals surface area (Å²) in [7, 11) is 3.03. The molecule has 0 spiro atoms. The molecule has 0 aliphatic carbocycles. The molecule has 0 aliphatic heterocycles. The highest BCUT2D eigenvalue weighted by atomic mass is 16.5. The van der Waals surface area contributed by atoms with Gasteiger partial charge in [0.25, 0.3) is 0 Å². The van der Waals surface area contributed by atoms with Gasteiger partial charge in [-0.15, -0.1) is 0 Å². The summed E-state index contributed by atoms with van der Waals surface area (Å²) in [5.41, 5.74) is 6.96. The average molecular weight is 207 g/mol. The normalized spacial score (nSPS) is 9.47. The number of benzene rings is 1. The van der Waals surface area contributed by atoms with E-state index in [1.165, 1.54) is 13.2 Å². The number of carbonyl (C=O) groups excluding carboxylic acids is 1. The molecule has 5 heteroatoms. The smallest absolute Gasteiger partial charge is 0.337 e. The van der Waals surface area contributed by atoms with Gasteiger partial charge in [0, 0.05) is 18.3 Å². The predicted octanol–water partition coefficient (Wildman–Crippen LogP) is 0.799. The highest BCUT2D eigenvalue weighted by Gasteiger charge is 2.10. The first-order valence-corrected chi connectivity index (χ1v) is 4.34. The van der Waals surface area contributed by atoms with Crippen LogP contribution in [0, 0.1) is 5.41 Å². The molecule has 0 radical (unpaired) electrons. The van der Waals surface area contributed by atoms with Crippen LogP contribution in [0.15, 0.2) is 18.2 Å². The molecule has 0 saturated carbocycles. The van der Waals surface area contributed by atoms with Gasteiger partial charge in [0.15, 0.2) is 0 Å². The highest BCUT2D eigenvalue weighted by molar-refractivity contribution is 6.02. The van der Waals surface area contributed by atoms with Crippen molar-refractivity contribution in [1.82, 2.24) is 0 Å². The Morgan fingerprint density at radius 3 is 2.67 bits per heavy atom. The number of amidine groups is 1. The van der Waals surface area contributed by atoms with Crippen LogP contribution in [-0.4, -0.2) is 26.0 Å². The van der Waals surface area contributed by atoms with Crippen molar-refractivity contribution in [3.63, 3.8) is 0 Å². The third-order valence-corrected chi connectivity index (χ3v) is 2.00. The summed E-state index contributed by atoms with van der Waals surface area (Å²) in [6.45, 7) is 0. The van der Waals surface area contributed by atoms with Gasteiger partial charge in [0.1, 0.15) is 5.84 Å². The number of esters is 1. The van der Waals surface area contributed by atoms with Gasteiger partial charge in [-0.1, -0.05) is 0 Å². The second-order valence-corrected chi connectivity index (χ2v) is 2.92. The Labute approximate surface area is 87.7 Å². The quantitative estimate of drug-likeness (QED) is 0.388. The van der Waals surface area contributed by atoms with Crippen molar-refractivity contribution in [2.45, 2.75) is 0 Å². The fourth-order valence-corrected chi connectivity index (χ4v) is 1.23. The zero-order valence-corrected chi connectivity index (χ0v) is 8.63. The molecule has 0 aromatic heterocycles. The topological polar surface area (TPSA) is 88.2 Å². The van der Waals surface area contributed by atoms with Crippen LogP contribution >= 0.6 is 0 Å². The second kappa shape index (κ2) is 4.45. The number of hydrogen-bond donors (Lipinski definition) is 3. The fourth-order valence-electron chi connectivity index (χ4n) is 1.23. The Balaban J connectivity index is 3.22. The summed E-state index contributed by atoms with van der Waals surface area (Å²) >= 11 is 0. The van der Waals surface area contributed by atoms with Gasteiger partial charge in [0.2, 0.25) is 0 Å². The van der Waals surface area contributed by atoms with Crippen LogP contribution in [0.5, 0.6) is 0 Å². The van der Waals surface area contributed by atoms with E-state index >= 15 is 0 Å². The molecule has 1 aromatic rings. The Bertz CT molecular complexity index is 402. The van der Waals surface area contributed by atoms with E-state index in [4.69, 9.17) is 11.1 Å². The Kier molecular flexibility index (Phi) is 3.28. The van der Waals surface area contributed by atoms with E-state index in [2.05, 4.69) is 10.1 Å². The molecular weight excluding hydrogens is 194 g/mol. The van der Waals surface area contributed by atoms with Crippen molar-refractivity contribution in [2.75, 3.05) is 19.5 Å². The van der Waals surface area contributed by atoms with E-state index in [0.29, 0.717) is 16.8 Å². The molecule has 0 amide bonds. The minimum absolute atomic E-state index is 0.0925. The van der Waals surface area contributed by atoms with Gasteiger partial charge < -0.3 is 15.8 Å². The summed E-state index contributed by atoms with van der Waals surface area (Å²) in [5.74, 6) is -0.537. The maximum absolute atomic E-state index is 11.2. The Morgan fingerprint density at radius 1 is 1.53 bits per heavy atom. The van der Waals surface area contributed by atoms with E-state index in [9.17, 15) is 4.79 Å². The summed E-state index contributed by atoms with van der Waals surface area (Å²) in [5, 5.41) is 10.2. The number of carbonyl (C=O) groups is 1. The SMILES string of the molecule is CNc1ccc(C(=O)OC)cc1C(=N)N. The van der Waals surface area contributed by atoms with Crippen molar-refractivity contribution < 1.29 is 9.53 Å². The molecule has 80 valence electrons. The molecular formula is C10H13N3O2. The summed E-state index contributed by atoms with van der Waals surface area (Å²) in [6, 6.07) is 4.83. The van der Waals surface area contributed by atoms with E-state index < -0.39 is 5.97 Å². The molecule has 4 N–H and O–H groups in total. The lowest BCUT2D eigenvalue weighted by molar-refractivity contribution is 0.0601. The number of nitrogen functional groups attached to an aromatic ring is 1. The molecule has 15 heavy (non-hydrogen) atoms. The average Bonchev–Trinajstić information content (AvgIpc) is 2.27. The fraction of sp³-hybridized carbons (Fsp3) is 0.200. The van der Waals surface area contributed by atoms with Gasteiger partial charge in [0.05, 0.1) is 12.7 Å². The Morgan fingerprint density at radius 2 is 2.20 bits per heavy atom. The van der Waals surface area contributed by atoms with Gasteiger partial charge in [-0.05, 0) is 18.2 Å². The lowest BCUT2D eigenvalue weighted by Crippen LogP contribution is -2.15. The summed E-state index contributed by atoms with van der Waals surface area (Å²) in [4.78, 5) is 11.2. The van der Waals surface area contributed by atoms with Crippen LogP contribution in [0.4, 0.5) is 5.69 Å². The van der Waals surface area contributed by atoms with Crippen molar-refractivity contribution in [3.05, 3.63) is 29.3 Å². The third-order valence-electron chi connectivity index (χ3n) is 2.00. The number of nitrogens with one attached hydrogen (secondary N) is 2. The third kappa shape index (κ3) is 2.25. The van der Waals surface area contributed by atoms with Crippen LogP contribution in [0.1, 0.15) is 15.9 Å². The largest absolute Gasteiger partial charge is 0.465 e. The van der Waals surface area contributed by atoms with Gasteiger partial charge in [-0.25, -0.2) is 4.79 Å². The molecule has 1 aromatic carbocycles. The monoisotopic (exact) mass is 207 g/mol. The van der Waals surface area contributed by atoms with E-state index in [-0.39, 0.29) is 5.84 Å². The molecule has 5 nitrogen and oxygen atoms in total. The molecule has 0 aliphatic rings. The molecule has 0 heterocycles. The first kappa shape index (κ1) is 11.0. The number of rotatable bonds is 3. The van der Waals surface area contributed by atoms with Gasteiger partial charge in [-0.3, -0.25) is 5.41 Å². The lowest BCUT2D eigenvalue weighted by atomic mass is 10.1. The number of methoxy groups -OCH3 is 1. The molecule has 0 saturated heterocycles. The summed E-state index contributed by atoms with van der Waals surface area (Å²) in [6.07, 6.45) is 0. The van der Waals surface area contributed by atoms with Crippen LogP contribution in [0.3, 0.4) is 0 Å². The summed E-state index contributed by atoms with van der Waals surface area (Å²) < 4.78 is 4.57. The van der Waals surface area contributed by atoms with Crippen molar-refractivity contribution in [1.29, 1.82) is 5.41 Å². The number of hydrogen-bond acceptors (Lipinski definition) is 4. The molecule has 0 unspecified atom stereocenters. The first-order valence-electron chi connectivity index (χ1n) is 4.34. The minimum atomic E-state index is -0.444. The maximum Gasteiger partial charge on any atom is 0.337 e. The van der Waals surface area contributed by atoms with Crippen LogP contribution < -0.4 is 11.1 Å². The zero-order valence-electron chi connectivity index (χ0n) is 8.63. The Hall–Kier alpha value is -2.04. The van der Waals surface area contributed by atoms with Crippen molar-refractivity contribution in [2.24, 2.45) is 5.73 Å². The number of anilines is 1.